The highest BCUT2D eigenvalue weighted by Gasteiger charge is 2.31. The number of benzene rings is 2. The Bertz CT molecular complexity index is 1360. The third kappa shape index (κ3) is 7.97. The van der Waals surface area contributed by atoms with Crippen LogP contribution in [-0.2, 0) is 22.2 Å². The van der Waals surface area contributed by atoms with Crippen molar-refractivity contribution in [3.8, 4) is 11.1 Å². The van der Waals surface area contributed by atoms with Crippen molar-refractivity contribution in [3.63, 3.8) is 0 Å². The predicted molar refractivity (Wildman–Crippen MR) is 143 cm³/mol. The van der Waals surface area contributed by atoms with Crippen LogP contribution in [0.25, 0.3) is 11.1 Å². The van der Waals surface area contributed by atoms with Crippen molar-refractivity contribution in [2.24, 2.45) is 0 Å². The van der Waals surface area contributed by atoms with Crippen LogP contribution in [0.15, 0.2) is 47.0 Å². The van der Waals surface area contributed by atoms with Crippen LogP contribution in [-0.4, -0.2) is 54.0 Å². The molecule has 1 aliphatic heterocycles. The van der Waals surface area contributed by atoms with Crippen LogP contribution in [0.4, 0.5) is 24.0 Å². The number of alkyl carbamates (subject to hydrolysis) is 1. The standard InChI is InChI=1S/C28H32F3N5O5/c1-17(33-24(37)23-34-25(41-35-23)36-11-13-39-14-12-36)18-5-7-19(8-6-18)22-15-21(28(29,30)31)10-9-20(22)16-32-26(38)40-27(2,3)4/h5-10,15,17H,11-14,16H2,1-4H3,(H,32,38)(H,33,37)/t17-/m1/s1. The van der Waals surface area contributed by atoms with Crippen molar-refractivity contribution < 1.29 is 36.8 Å². The molecule has 1 atom stereocenters. The van der Waals surface area contributed by atoms with Gasteiger partial charge in [0, 0.05) is 19.6 Å². The molecule has 1 fully saturated rings. The molecule has 3 aromatic rings. The minimum Gasteiger partial charge on any atom is -0.444 e. The SMILES string of the molecule is C[C@@H](NC(=O)c1noc(N2CCOCC2)n1)c1ccc(-c2cc(C(F)(F)F)ccc2CNC(=O)OC(C)(C)C)cc1. The number of morpholine rings is 1. The van der Waals surface area contributed by atoms with E-state index >= 15 is 0 Å². The van der Waals surface area contributed by atoms with Gasteiger partial charge in [-0.1, -0.05) is 30.3 Å². The van der Waals surface area contributed by atoms with Crippen molar-refractivity contribution in [3.05, 3.63) is 65.0 Å². The van der Waals surface area contributed by atoms with E-state index in [0.29, 0.717) is 48.6 Å². The summed E-state index contributed by atoms with van der Waals surface area (Å²) in [6.45, 7) is 9.08. The van der Waals surface area contributed by atoms with Crippen molar-refractivity contribution in [2.45, 2.75) is 52.1 Å². The van der Waals surface area contributed by atoms with Gasteiger partial charge in [0.05, 0.1) is 24.8 Å². The second kappa shape index (κ2) is 12.2. The van der Waals surface area contributed by atoms with Gasteiger partial charge >= 0.3 is 18.3 Å². The van der Waals surface area contributed by atoms with Crippen LogP contribution in [0.5, 0.6) is 0 Å². The Hall–Kier alpha value is -4.13. The van der Waals surface area contributed by atoms with Crippen molar-refractivity contribution in [2.75, 3.05) is 31.2 Å². The van der Waals surface area contributed by atoms with Gasteiger partial charge in [0.1, 0.15) is 5.60 Å². The second-order valence-corrected chi connectivity index (χ2v) is 10.5. The summed E-state index contributed by atoms with van der Waals surface area (Å²) in [6.07, 6.45) is -5.22. The molecule has 1 saturated heterocycles. The molecule has 1 aliphatic rings. The number of hydrogen-bond acceptors (Lipinski definition) is 8. The van der Waals surface area contributed by atoms with E-state index in [1.807, 2.05) is 4.90 Å². The number of halogens is 3. The predicted octanol–water partition coefficient (Wildman–Crippen LogP) is 5.11. The Morgan fingerprint density at radius 1 is 1.07 bits per heavy atom. The van der Waals surface area contributed by atoms with Crippen LogP contribution >= 0.6 is 0 Å². The maximum atomic E-state index is 13.5. The summed E-state index contributed by atoms with van der Waals surface area (Å²) in [4.78, 5) is 30.8. The average Bonchev–Trinajstić information content (AvgIpc) is 3.42. The van der Waals surface area contributed by atoms with E-state index in [1.165, 1.54) is 6.07 Å². The fraction of sp³-hybridized carbons (Fsp3) is 0.429. The number of carbonyl (C=O) groups is 2. The molecule has 0 bridgehead atoms. The number of aromatic nitrogens is 2. The normalized spacial score (nSPS) is 14.9. The molecule has 2 N–H and O–H groups in total. The first kappa shape index (κ1) is 29.8. The van der Waals surface area contributed by atoms with E-state index in [0.717, 1.165) is 12.1 Å². The summed E-state index contributed by atoms with van der Waals surface area (Å²) in [5.41, 5.74) is 0.471. The Balaban J connectivity index is 1.48. The number of nitrogens with one attached hydrogen (secondary N) is 2. The molecule has 0 radical (unpaired) electrons. The van der Waals surface area contributed by atoms with E-state index in [2.05, 4.69) is 20.8 Å². The first-order valence-electron chi connectivity index (χ1n) is 13.0. The Morgan fingerprint density at radius 3 is 2.39 bits per heavy atom. The van der Waals surface area contributed by atoms with Crippen LogP contribution in [0.2, 0.25) is 0 Å². The maximum absolute atomic E-state index is 13.5. The number of hydrogen-bond donors (Lipinski definition) is 2. The zero-order valence-corrected chi connectivity index (χ0v) is 23.2. The van der Waals surface area contributed by atoms with Gasteiger partial charge in [-0.15, -0.1) is 0 Å². The number of anilines is 1. The Morgan fingerprint density at radius 2 is 1.76 bits per heavy atom. The molecule has 0 unspecified atom stereocenters. The lowest BCUT2D eigenvalue weighted by Crippen LogP contribution is -2.36. The summed E-state index contributed by atoms with van der Waals surface area (Å²) < 4.78 is 56.2. The maximum Gasteiger partial charge on any atom is 0.416 e. The minimum absolute atomic E-state index is 0.0340. The quantitative estimate of drug-likeness (QED) is 0.399. The molecule has 2 amide bonds. The second-order valence-electron chi connectivity index (χ2n) is 10.5. The van der Waals surface area contributed by atoms with Gasteiger partial charge < -0.3 is 29.5 Å². The van der Waals surface area contributed by atoms with Gasteiger partial charge in [-0.05, 0) is 67.2 Å². The molecular weight excluding hydrogens is 543 g/mol. The third-order valence-electron chi connectivity index (χ3n) is 6.23. The molecule has 10 nitrogen and oxygen atoms in total. The largest absolute Gasteiger partial charge is 0.444 e. The molecule has 0 saturated carbocycles. The van der Waals surface area contributed by atoms with E-state index < -0.39 is 35.4 Å². The monoisotopic (exact) mass is 575 g/mol. The molecule has 0 spiro atoms. The first-order chi connectivity index (χ1) is 19.3. The Kier molecular flexibility index (Phi) is 8.86. The van der Waals surface area contributed by atoms with Gasteiger partial charge in [0.25, 0.3) is 11.7 Å². The highest BCUT2D eigenvalue weighted by molar-refractivity contribution is 5.90. The average molecular weight is 576 g/mol. The summed E-state index contributed by atoms with van der Waals surface area (Å²) in [5.74, 6) is -0.640. The summed E-state index contributed by atoms with van der Waals surface area (Å²) in [7, 11) is 0. The first-order valence-corrected chi connectivity index (χ1v) is 13.0. The van der Waals surface area contributed by atoms with E-state index in [1.54, 1.807) is 52.0 Å². The molecule has 2 heterocycles. The van der Waals surface area contributed by atoms with E-state index in [-0.39, 0.29) is 18.4 Å². The van der Waals surface area contributed by atoms with Gasteiger partial charge in [0.15, 0.2) is 0 Å². The van der Waals surface area contributed by atoms with Crippen LogP contribution in [0.3, 0.4) is 0 Å². The van der Waals surface area contributed by atoms with Crippen LogP contribution < -0.4 is 15.5 Å². The molecule has 220 valence electrons. The smallest absolute Gasteiger partial charge is 0.416 e. The van der Waals surface area contributed by atoms with Crippen molar-refractivity contribution in [1.82, 2.24) is 20.8 Å². The molecule has 0 aliphatic carbocycles. The lowest BCUT2D eigenvalue weighted by Gasteiger charge is -2.24. The van der Waals surface area contributed by atoms with Crippen LogP contribution in [0, 0.1) is 0 Å². The van der Waals surface area contributed by atoms with Gasteiger partial charge in [-0.25, -0.2) is 4.79 Å². The van der Waals surface area contributed by atoms with E-state index in [9.17, 15) is 22.8 Å². The number of nitrogens with zero attached hydrogens (tertiary/aromatic N) is 3. The van der Waals surface area contributed by atoms with Crippen molar-refractivity contribution >= 4 is 18.0 Å². The lowest BCUT2D eigenvalue weighted by molar-refractivity contribution is -0.137. The van der Waals surface area contributed by atoms with E-state index in [4.69, 9.17) is 14.0 Å². The number of carbonyl (C=O) groups excluding carboxylic acids is 2. The summed E-state index contributed by atoms with van der Waals surface area (Å²) in [6, 6.07) is 9.89. The highest BCUT2D eigenvalue weighted by atomic mass is 19.4. The van der Waals surface area contributed by atoms with Crippen molar-refractivity contribution in [1.29, 1.82) is 0 Å². The van der Waals surface area contributed by atoms with Gasteiger partial charge in [0.2, 0.25) is 0 Å². The van der Waals surface area contributed by atoms with Gasteiger partial charge in [-0.2, -0.15) is 18.2 Å². The molecule has 4 rings (SSSR count). The number of amides is 2. The minimum atomic E-state index is -4.54. The molecule has 2 aromatic carbocycles. The number of rotatable bonds is 7. The molecule has 13 heteroatoms. The third-order valence-corrected chi connectivity index (χ3v) is 6.23. The Labute approximate surface area is 235 Å². The molecule has 1 aromatic heterocycles. The highest BCUT2D eigenvalue weighted by Crippen LogP contribution is 2.34. The zero-order chi connectivity index (χ0) is 29.8. The van der Waals surface area contributed by atoms with Crippen LogP contribution in [0.1, 0.15) is 61.0 Å². The molecule has 41 heavy (non-hydrogen) atoms. The zero-order valence-electron chi connectivity index (χ0n) is 23.2. The summed E-state index contributed by atoms with van der Waals surface area (Å²) in [5, 5.41) is 9.16. The fourth-order valence-electron chi connectivity index (χ4n) is 4.14. The number of alkyl halides is 3. The lowest BCUT2D eigenvalue weighted by atomic mass is 9.95. The topological polar surface area (TPSA) is 119 Å². The number of ether oxygens (including phenoxy) is 2. The summed E-state index contributed by atoms with van der Waals surface area (Å²) >= 11 is 0. The molecular formula is C28H32F3N5O5. The fourth-order valence-corrected chi connectivity index (χ4v) is 4.14. The van der Waals surface area contributed by atoms with Gasteiger partial charge in [-0.3, -0.25) is 4.79 Å².